The first kappa shape index (κ1) is 21.7. The lowest BCUT2D eigenvalue weighted by Gasteiger charge is -2.11. The number of ether oxygens (including phenoxy) is 1. The molecule has 2 aromatic rings. The molecule has 0 fully saturated rings. The third kappa shape index (κ3) is 7.58. The minimum atomic E-state index is -3.50. The van der Waals surface area contributed by atoms with E-state index >= 15 is 0 Å². The van der Waals surface area contributed by atoms with Crippen molar-refractivity contribution >= 4 is 21.8 Å². The Kier molecular flexibility index (Phi) is 7.83. The number of carboxylic acid groups (broad SMARTS) is 1. The second kappa shape index (κ2) is 10.1. The molecule has 2 aromatic carbocycles. The number of nitrogens with one attached hydrogen (secondary N) is 1. The average Bonchev–Trinajstić information content (AvgIpc) is 2.64. The summed E-state index contributed by atoms with van der Waals surface area (Å²) in [5.41, 5.74) is 2.96. The van der Waals surface area contributed by atoms with Gasteiger partial charge in [-0.15, -0.1) is 0 Å². The monoisotopic (exact) mass is 407 g/mol. The van der Waals surface area contributed by atoms with Crippen molar-refractivity contribution in [3.63, 3.8) is 0 Å². The maximum Gasteiger partial charge on any atom is 0.333 e. The first-order valence-corrected chi connectivity index (χ1v) is 10.7. The number of rotatable bonds is 11. The number of anilines is 1. The number of hydrogen-bond acceptors (Lipinski definition) is 6. The van der Waals surface area contributed by atoms with Crippen molar-refractivity contribution < 1.29 is 27.2 Å². The fraction of sp³-hybridized carbons (Fsp3) is 0.350. The van der Waals surface area contributed by atoms with E-state index in [-0.39, 0.29) is 0 Å². The number of aryl methyl sites for hydroxylation is 1. The normalized spacial score (nSPS) is 12.4. The van der Waals surface area contributed by atoms with Crippen molar-refractivity contribution in [2.45, 2.75) is 25.4 Å². The molecule has 1 unspecified atom stereocenters. The third-order valence-corrected chi connectivity index (χ3v) is 4.57. The van der Waals surface area contributed by atoms with Gasteiger partial charge >= 0.3 is 16.1 Å². The molecule has 0 aliphatic carbocycles. The molecule has 0 bridgehead atoms. The smallest absolute Gasteiger partial charge is 0.333 e. The molecule has 7 nitrogen and oxygen atoms in total. The predicted molar refractivity (Wildman–Crippen MR) is 107 cm³/mol. The molecule has 28 heavy (non-hydrogen) atoms. The summed E-state index contributed by atoms with van der Waals surface area (Å²) in [7, 11) is -2.11. The van der Waals surface area contributed by atoms with Crippen molar-refractivity contribution in [3.8, 4) is 5.75 Å². The average molecular weight is 407 g/mol. The van der Waals surface area contributed by atoms with E-state index in [1.807, 2.05) is 36.4 Å². The number of methoxy groups -OCH3 is 1. The molecule has 0 saturated carbocycles. The molecule has 2 rings (SSSR count). The lowest BCUT2D eigenvalue weighted by Crippen LogP contribution is -2.24. The second-order valence-corrected chi connectivity index (χ2v) is 8.00. The zero-order chi connectivity index (χ0) is 20.6. The highest BCUT2D eigenvalue weighted by Crippen LogP contribution is 2.16. The molecule has 0 radical (unpaired) electrons. The zero-order valence-electron chi connectivity index (χ0n) is 15.9. The maximum atomic E-state index is 11.1. The lowest BCUT2D eigenvalue weighted by molar-refractivity contribution is -0.148. The van der Waals surface area contributed by atoms with Gasteiger partial charge in [-0.25, -0.2) is 4.79 Å². The number of carbonyl (C=O) groups is 1. The van der Waals surface area contributed by atoms with Gasteiger partial charge in [0, 0.05) is 25.8 Å². The van der Waals surface area contributed by atoms with Gasteiger partial charge in [0.1, 0.15) is 5.75 Å². The van der Waals surface area contributed by atoms with E-state index < -0.39 is 22.2 Å². The van der Waals surface area contributed by atoms with Crippen LogP contribution in [0.2, 0.25) is 0 Å². The molecule has 0 aliphatic rings. The Morgan fingerprint density at radius 1 is 1.07 bits per heavy atom. The molecule has 8 heteroatoms. The van der Waals surface area contributed by atoms with E-state index in [1.54, 1.807) is 12.1 Å². The van der Waals surface area contributed by atoms with Crippen LogP contribution in [0.3, 0.4) is 0 Å². The molecular weight excluding hydrogens is 382 g/mol. The van der Waals surface area contributed by atoms with Gasteiger partial charge in [0.15, 0.2) is 6.10 Å². The summed E-state index contributed by atoms with van der Waals surface area (Å²) in [6.07, 6.45) is 2.25. The van der Waals surface area contributed by atoms with Gasteiger partial charge in [-0.05, 0) is 48.2 Å². The highest BCUT2D eigenvalue weighted by molar-refractivity contribution is 7.86. The molecule has 0 heterocycles. The summed E-state index contributed by atoms with van der Waals surface area (Å²) in [4.78, 5) is 11.0. The Bertz CT molecular complexity index is 863. The molecule has 152 valence electrons. The van der Waals surface area contributed by atoms with Gasteiger partial charge in [-0.2, -0.15) is 8.42 Å². The largest absolute Gasteiger partial charge is 0.479 e. The van der Waals surface area contributed by atoms with Crippen LogP contribution in [-0.2, 0) is 32.5 Å². The highest BCUT2D eigenvalue weighted by atomic mass is 32.2. The first-order valence-electron chi connectivity index (χ1n) is 8.83. The molecule has 0 amide bonds. The summed E-state index contributed by atoms with van der Waals surface area (Å²) in [5.74, 6) is -0.663. The number of hydrogen-bond donors (Lipinski definition) is 2. The van der Waals surface area contributed by atoms with Crippen LogP contribution in [0.15, 0.2) is 48.5 Å². The lowest BCUT2D eigenvalue weighted by atomic mass is 10.1. The van der Waals surface area contributed by atoms with Crippen LogP contribution in [0.25, 0.3) is 0 Å². The van der Waals surface area contributed by atoms with Crippen molar-refractivity contribution in [1.29, 1.82) is 0 Å². The van der Waals surface area contributed by atoms with Crippen LogP contribution >= 0.6 is 0 Å². The number of benzene rings is 2. The Balaban J connectivity index is 1.75. The van der Waals surface area contributed by atoms with E-state index in [4.69, 9.17) is 14.0 Å². The van der Waals surface area contributed by atoms with Gasteiger partial charge in [0.2, 0.25) is 0 Å². The van der Waals surface area contributed by atoms with Crippen LogP contribution in [0.1, 0.15) is 17.5 Å². The fourth-order valence-electron chi connectivity index (χ4n) is 2.66. The van der Waals surface area contributed by atoms with Gasteiger partial charge in [0.05, 0.1) is 6.26 Å². The second-order valence-electron chi connectivity index (χ2n) is 6.43. The minimum Gasteiger partial charge on any atom is -0.479 e. The first-order chi connectivity index (χ1) is 13.3. The van der Waals surface area contributed by atoms with Crippen LogP contribution in [-0.4, -0.2) is 45.5 Å². The SMILES string of the molecule is COC(Cc1ccc(NCCCc2ccc(OS(C)(=O)=O)cc2)cc1)C(=O)O. The van der Waals surface area contributed by atoms with E-state index in [9.17, 15) is 13.2 Å². The summed E-state index contributed by atoms with van der Waals surface area (Å²) in [5, 5.41) is 12.3. The van der Waals surface area contributed by atoms with E-state index in [2.05, 4.69) is 5.32 Å². The van der Waals surface area contributed by atoms with E-state index in [0.29, 0.717) is 12.2 Å². The van der Waals surface area contributed by atoms with Crippen molar-refractivity contribution in [2.75, 3.05) is 25.2 Å². The predicted octanol–water partition coefficient (Wildman–Crippen LogP) is 2.71. The van der Waals surface area contributed by atoms with Gasteiger partial charge < -0.3 is 19.3 Å². The highest BCUT2D eigenvalue weighted by Gasteiger charge is 2.16. The van der Waals surface area contributed by atoms with Crippen LogP contribution in [0.4, 0.5) is 5.69 Å². The summed E-state index contributed by atoms with van der Waals surface area (Å²) < 4.78 is 31.9. The Hall–Kier alpha value is -2.58. The van der Waals surface area contributed by atoms with Crippen LogP contribution in [0, 0.1) is 0 Å². The Morgan fingerprint density at radius 3 is 2.21 bits per heavy atom. The van der Waals surface area contributed by atoms with E-state index in [0.717, 1.165) is 42.5 Å². The Morgan fingerprint density at radius 2 is 1.68 bits per heavy atom. The standard InChI is InChI=1S/C20H25NO6S/c1-26-19(20(22)23)14-16-5-9-17(10-6-16)21-13-3-4-15-7-11-18(12-8-15)27-28(2,24)25/h5-12,19,21H,3-4,13-14H2,1-2H3,(H,22,23). The molecule has 1 atom stereocenters. The van der Waals surface area contributed by atoms with Gasteiger partial charge in [-0.3, -0.25) is 0 Å². The molecule has 2 N–H and O–H groups in total. The quantitative estimate of drug-likeness (QED) is 0.436. The Labute approximate surface area is 165 Å². The van der Waals surface area contributed by atoms with Crippen molar-refractivity contribution in [3.05, 3.63) is 59.7 Å². The maximum absolute atomic E-state index is 11.1. The van der Waals surface area contributed by atoms with Crippen LogP contribution < -0.4 is 9.50 Å². The third-order valence-electron chi connectivity index (χ3n) is 4.08. The van der Waals surface area contributed by atoms with Crippen LogP contribution in [0.5, 0.6) is 5.75 Å². The van der Waals surface area contributed by atoms with Crippen molar-refractivity contribution in [2.24, 2.45) is 0 Å². The van der Waals surface area contributed by atoms with E-state index in [1.165, 1.54) is 7.11 Å². The summed E-state index contributed by atoms with van der Waals surface area (Å²) in [6, 6.07) is 14.6. The van der Waals surface area contributed by atoms with Gasteiger partial charge in [0.25, 0.3) is 0 Å². The van der Waals surface area contributed by atoms with Gasteiger partial charge in [-0.1, -0.05) is 24.3 Å². The summed E-state index contributed by atoms with van der Waals surface area (Å²) >= 11 is 0. The topological polar surface area (TPSA) is 102 Å². The number of aliphatic carboxylic acids is 1. The molecule has 0 aliphatic heterocycles. The molecule has 0 spiro atoms. The minimum absolute atomic E-state index is 0.308. The van der Waals surface area contributed by atoms with Crippen molar-refractivity contribution in [1.82, 2.24) is 0 Å². The molecule has 0 aromatic heterocycles. The summed E-state index contributed by atoms with van der Waals surface area (Å²) in [6.45, 7) is 0.775. The zero-order valence-corrected chi connectivity index (χ0v) is 16.7. The number of carboxylic acids is 1. The fourth-order valence-corrected chi connectivity index (χ4v) is 3.12. The molecular formula is C20H25NO6S. The molecule has 0 saturated heterocycles.